The molecule has 0 unspecified atom stereocenters. The summed E-state index contributed by atoms with van der Waals surface area (Å²) >= 11 is 0. The molecule has 0 aliphatic rings. The van der Waals surface area contributed by atoms with Gasteiger partial charge < -0.3 is 5.11 Å². The van der Waals surface area contributed by atoms with Gasteiger partial charge in [0.25, 0.3) is 0 Å². The maximum absolute atomic E-state index is 11.7. The maximum atomic E-state index is 11.7. The average Bonchev–Trinajstić information content (AvgIpc) is 2.87. The number of aromatic nitrogens is 4. The van der Waals surface area contributed by atoms with Gasteiger partial charge in [-0.15, -0.1) is 0 Å². The van der Waals surface area contributed by atoms with Crippen LogP contribution in [0.15, 0.2) is 36.8 Å². The quantitative estimate of drug-likeness (QED) is 0.803. The molecule has 0 aromatic carbocycles. The van der Waals surface area contributed by atoms with Gasteiger partial charge in [0.1, 0.15) is 16.9 Å². The number of nitrogens with zero attached hydrogens (tertiary/aromatic N) is 4. The molecule has 22 heavy (non-hydrogen) atoms. The summed E-state index contributed by atoms with van der Waals surface area (Å²) < 4.78 is 1.67. The Kier molecular flexibility index (Phi) is 3.16. The van der Waals surface area contributed by atoms with Crippen molar-refractivity contribution in [3.8, 4) is 11.4 Å². The molecule has 0 fully saturated rings. The third-order valence-electron chi connectivity index (χ3n) is 3.65. The van der Waals surface area contributed by atoms with Crippen molar-refractivity contribution in [2.45, 2.75) is 26.3 Å². The van der Waals surface area contributed by atoms with Crippen molar-refractivity contribution in [2.24, 2.45) is 0 Å². The third kappa shape index (κ3) is 2.13. The minimum Gasteiger partial charge on any atom is -0.480 e. The first-order valence-corrected chi connectivity index (χ1v) is 6.90. The first-order chi connectivity index (χ1) is 10.4. The fraction of sp³-hybridized carbons (Fsp3) is 0.250. The highest BCUT2D eigenvalue weighted by Crippen LogP contribution is 2.30. The van der Waals surface area contributed by atoms with Gasteiger partial charge in [-0.05, 0) is 44.5 Å². The van der Waals surface area contributed by atoms with Crippen LogP contribution in [0.5, 0.6) is 0 Å². The molecule has 0 saturated heterocycles. The topological polar surface area (TPSA) is 80.9 Å². The van der Waals surface area contributed by atoms with Crippen LogP contribution < -0.4 is 0 Å². The van der Waals surface area contributed by atoms with Gasteiger partial charge in [-0.1, -0.05) is 0 Å². The van der Waals surface area contributed by atoms with Gasteiger partial charge in [0.05, 0.1) is 0 Å². The van der Waals surface area contributed by atoms with Crippen LogP contribution in [0.2, 0.25) is 0 Å². The molecule has 0 atom stereocenters. The summed E-state index contributed by atoms with van der Waals surface area (Å²) in [5, 5.41) is 9.61. The van der Waals surface area contributed by atoms with E-state index in [1.165, 1.54) is 0 Å². The van der Waals surface area contributed by atoms with Crippen LogP contribution in [-0.2, 0) is 10.3 Å². The molecule has 3 aromatic rings. The van der Waals surface area contributed by atoms with Crippen LogP contribution in [0, 0.1) is 6.92 Å². The second-order valence-corrected chi connectivity index (χ2v) is 5.73. The van der Waals surface area contributed by atoms with Crippen LogP contribution in [0.4, 0.5) is 0 Å². The van der Waals surface area contributed by atoms with Crippen molar-refractivity contribution < 1.29 is 9.90 Å². The van der Waals surface area contributed by atoms with E-state index in [9.17, 15) is 9.90 Å². The van der Waals surface area contributed by atoms with Crippen molar-refractivity contribution in [2.75, 3.05) is 0 Å². The molecule has 0 bridgehead atoms. The Morgan fingerprint density at radius 2 is 1.95 bits per heavy atom. The summed E-state index contributed by atoms with van der Waals surface area (Å²) in [5.74, 6) is -0.368. The monoisotopic (exact) mass is 296 g/mol. The van der Waals surface area contributed by atoms with Gasteiger partial charge in [-0.25, -0.2) is 14.8 Å². The summed E-state index contributed by atoms with van der Waals surface area (Å²) in [5.41, 5.74) is 1.85. The normalized spacial score (nSPS) is 11.8. The van der Waals surface area contributed by atoms with E-state index in [1.807, 2.05) is 25.1 Å². The number of aryl methyl sites for hydroxylation is 1. The lowest BCUT2D eigenvalue weighted by Gasteiger charge is -2.24. The minimum atomic E-state index is -1.17. The molecule has 6 heteroatoms. The average molecular weight is 296 g/mol. The van der Waals surface area contributed by atoms with E-state index in [-0.39, 0.29) is 0 Å². The number of carboxylic acid groups (broad SMARTS) is 1. The third-order valence-corrected chi connectivity index (χ3v) is 3.65. The number of carbonyl (C=O) groups is 1. The van der Waals surface area contributed by atoms with Crippen molar-refractivity contribution in [1.29, 1.82) is 0 Å². The second-order valence-electron chi connectivity index (χ2n) is 5.73. The van der Waals surface area contributed by atoms with Crippen LogP contribution in [0.25, 0.3) is 22.6 Å². The number of rotatable bonds is 3. The first kappa shape index (κ1) is 14.2. The van der Waals surface area contributed by atoms with Crippen molar-refractivity contribution in [3.05, 3.63) is 42.4 Å². The SMILES string of the molecule is Cc1cnc2c(c1)nc(-c1ccncc1)n2C(C)(C)C(=O)O. The van der Waals surface area contributed by atoms with Crippen molar-refractivity contribution in [3.63, 3.8) is 0 Å². The molecule has 112 valence electrons. The summed E-state index contributed by atoms with van der Waals surface area (Å²) in [6, 6.07) is 5.52. The summed E-state index contributed by atoms with van der Waals surface area (Å²) in [6.45, 7) is 5.21. The standard InChI is InChI=1S/C16H16N4O2/c1-10-8-12-14(18-9-10)20(16(2,3)15(21)22)13(19-12)11-4-6-17-7-5-11/h4-9H,1-3H3,(H,21,22). The smallest absolute Gasteiger partial charge is 0.329 e. The second kappa shape index (κ2) is 4.91. The number of fused-ring (bicyclic) bond motifs is 1. The molecule has 3 aromatic heterocycles. The Balaban J connectivity index is 2.39. The number of hydrogen-bond acceptors (Lipinski definition) is 4. The van der Waals surface area contributed by atoms with Crippen LogP contribution in [-0.4, -0.2) is 30.6 Å². The molecule has 3 rings (SSSR count). The zero-order chi connectivity index (χ0) is 15.9. The Morgan fingerprint density at radius 1 is 1.27 bits per heavy atom. The molecule has 0 saturated carbocycles. The Hall–Kier alpha value is -2.76. The highest BCUT2D eigenvalue weighted by atomic mass is 16.4. The highest BCUT2D eigenvalue weighted by Gasteiger charge is 2.34. The summed E-state index contributed by atoms with van der Waals surface area (Å²) in [6.07, 6.45) is 5.03. The van der Waals surface area contributed by atoms with E-state index in [0.717, 1.165) is 11.1 Å². The first-order valence-electron chi connectivity index (χ1n) is 6.90. The number of hydrogen-bond donors (Lipinski definition) is 1. The molecule has 0 spiro atoms. The van der Waals surface area contributed by atoms with Gasteiger partial charge >= 0.3 is 5.97 Å². The predicted molar refractivity (Wildman–Crippen MR) is 82.5 cm³/mol. The van der Waals surface area contributed by atoms with Crippen LogP contribution >= 0.6 is 0 Å². The Morgan fingerprint density at radius 3 is 2.59 bits per heavy atom. The van der Waals surface area contributed by atoms with E-state index in [0.29, 0.717) is 17.0 Å². The van der Waals surface area contributed by atoms with E-state index >= 15 is 0 Å². The van der Waals surface area contributed by atoms with Gasteiger partial charge in [-0.2, -0.15) is 0 Å². The fourth-order valence-corrected chi connectivity index (χ4v) is 2.39. The molecule has 0 radical (unpaired) electrons. The van der Waals surface area contributed by atoms with Gasteiger partial charge in [0, 0.05) is 24.2 Å². The lowest BCUT2D eigenvalue weighted by molar-refractivity contribution is -0.145. The molecule has 0 aliphatic heterocycles. The number of pyridine rings is 2. The molecule has 0 amide bonds. The molecule has 6 nitrogen and oxygen atoms in total. The van der Waals surface area contributed by atoms with Crippen molar-refractivity contribution in [1.82, 2.24) is 19.5 Å². The minimum absolute atomic E-state index is 0.560. The molecule has 0 aliphatic carbocycles. The highest BCUT2D eigenvalue weighted by molar-refractivity contribution is 5.84. The lowest BCUT2D eigenvalue weighted by Crippen LogP contribution is -2.36. The molecule has 1 N–H and O–H groups in total. The van der Waals surface area contributed by atoms with E-state index in [1.54, 1.807) is 37.0 Å². The van der Waals surface area contributed by atoms with Gasteiger partial charge in [0.15, 0.2) is 5.65 Å². The largest absolute Gasteiger partial charge is 0.480 e. The number of aliphatic carboxylic acids is 1. The number of carboxylic acids is 1. The molecule has 3 heterocycles. The predicted octanol–water partition coefficient (Wildman–Crippen LogP) is 2.62. The fourth-order valence-electron chi connectivity index (χ4n) is 2.39. The van der Waals surface area contributed by atoms with E-state index in [2.05, 4.69) is 15.0 Å². The summed E-state index contributed by atoms with van der Waals surface area (Å²) in [4.78, 5) is 24.7. The maximum Gasteiger partial charge on any atom is 0.329 e. The Bertz CT molecular complexity index is 853. The van der Waals surface area contributed by atoms with Gasteiger partial charge in [-0.3, -0.25) is 9.55 Å². The zero-order valence-corrected chi connectivity index (χ0v) is 12.6. The zero-order valence-electron chi connectivity index (χ0n) is 12.6. The van der Waals surface area contributed by atoms with E-state index < -0.39 is 11.5 Å². The van der Waals surface area contributed by atoms with Crippen LogP contribution in [0.1, 0.15) is 19.4 Å². The Labute approximate surface area is 127 Å². The molecular weight excluding hydrogens is 280 g/mol. The van der Waals surface area contributed by atoms with Crippen LogP contribution in [0.3, 0.4) is 0 Å². The molecular formula is C16H16N4O2. The lowest BCUT2D eigenvalue weighted by atomic mass is 10.0. The van der Waals surface area contributed by atoms with E-state index in [4.69, 9.17) is 0 Å². The van der Waals surface area contributed by atoms with Gasteiger partial charge in [0.2, 0.25) is 0 Å². The van der Waals surface area contributed by atoms with Crippen molar-refractivity contribution >= 4 is 17.1 Å². The number of imidazole rings is 1. The summed E-state index contributed by atoms with van der Waals surface area (Å²) in [7, 11) is 0.